The Morgan fingerprint density at radius 1 is 0.571 bits per heavy atom. The zero-order valence-corrected chi connectivity index (χ0v) is 27.3. The average molecular weight is 609 g/mol. The Bertz CT molecular complexity index is 1530. The first-order valence-electron chi connectivity index (χ1n) is 13.8. The van der Waals surface area contributed by atoms with E-state index >= 15 is 0 Å². The Hall–Kier alpha value is -3.46. The third kappa shape index (κ3) is 7.48. The second kappa shape index (κ2) is 12.0. The van der Waals surface area contributed by atoms with Crippen LogP contribution >= 0.6 is 10.3 Å². The van der Waals surface area contributed by atoms with Crippen LogP contribution in [-0.4, -0.2) is 37.3 Å². The molecule has 0 atom stereocenters. The maximum absolute atomic E-state index is 14.1. The van der Waals surface area contributed by atoms with Gasteiger partial charge in [-0.25, -0.2) is 0 Å². The molecule has 8 heteroatoms. The molecule has 0 aliphatic heterocycles. The van der Waals surface area contributed by atoms with Crippen LogP contribution in [0.1, 0.15) is 41.5 Å². The quantitative estimate of drug-likeness (QED) is 0.140. The number of nitrogens with zero attached hydrogens (tertiary/aromatic N) is 1. The van der Waals surface area contributed by atoms with Gasteiger partial charge >= 0.3 is 10.1 Å². The summed E-state index contributed by atoms with van der Waals surface area (Å²) in [6.45, 7) is 12.0. The molecular formula is C34H42NO5S2+. The lowest BCUT2D eigenvalue weighted by Gasteiger charge is -2.35. The summed E-state index contributed by atoms with van der Waals surface area (Å²) in [4.78, 5) is 4.47. The monoisotopic (exact) mass is 608 g/mol. The van der Waals surface area contributed by atoms with E-state index in [9.17, 15) is 8.42 Å². The van der Waals surface area contributed by atoms with Crippen molar-refractivity contribution in [2.45, 2.75) is 72.3 Å². The van der Waals surface area contributed by atoms with Crippen molar-refractivity contribution in [1.29, 1.82) is 0 Å². The van der Waals surface area contributed by atoms with E-state index < -0.39 is 20.4 Å². The minimum atomic E-state index is -4.09. The van der Waals surface area contributed by atoms with Gasteiger partial charge in [-0.1, -0.05) is 24.3 Å². The first-order chi connectivity index (χ1) is 19.6. The number of ether oxygens (including phenoxy) is 2. The molecule has 0 fully saturated rings. The van der Waals surface area contributed by atoms with Crippen molar-refractivity contribution < 1.29 is 21.5 Å². The molecule has 0 heterocycles. The Kier molecular flexibility index (Phi) is 9.02. The normalized spacial score (nSPS) is 13.0. The van der Waals surface area contributed by atoms with E-state index in [1.54, 1.807) is 30.3 Å². The molecule has 0 aromatic heterocycles. The summed E-state index contributed by atoms with van der Waals surface area (Å²) >= 11 is 0. The maximum atomic E-state index is 14.1. The SMILES string of the molecule is CN(C)c1cccc(S([OH+]S(=O)(=O)c2ccccc2)(c2ccc(OC(C)(C)C)cc2)c2ccc(OC(C)(C)C)cc2)c1. The van der Waals surface area contributed by atoms with E-state index in [1.165, 1.54) is 0 Å². The zero-order chi connectivity index (χ0) is 30.8. The van der Waals surface area contributed by atoms with E-state index in [0.29, 0.717) is 11.5 Å². The maximum Gasteiger partial charge on any atom is 0.422 e. The lowest BCUT2D eigenvalue weighted by atomic mass is 10.2. The van der Waals surface area contributed by atoms with Gasteiger partial charge in [0.1, 0.15) is 27.6 Å². The average Bonchev–Trinajstić information content (AvgIpc) is 2.91. The summed E-state index contributed by atoms with van der Waals surface area (Å²) in [6, 6.07) is 31.6. The first kappa shape index (κ1) is 31.5. The Balaban J connectivity index is 2.01. The van der Waals surface area contributed by atoms with E-state index in [-0.39, 0.29) is 16.1 Å². The molecule has 1 N–H and O–H groups in total. The minimum Gasteiger partial charge on any atom is -0.488 e. The summed E-state index contributed by atoms with van der Waals surface area (Å²) < 4.78 is 45.3. The lowest BCUT2D eigenvalue weighted by Crippen LogP contribution is -2.23. The van der Waals surface area contributed by atoms with E-state index in [0.717, 1.165) is 20.4 Å². The largest absolute Gasteiger partial charge is 0.488 e. The van der Waals surface area contributed by atoms with Crippen molar-refractivity contribution in [1.82, 2.24) is 0 Å². The number of hydrogen-bond donors (Lipinski definition) is 0. The molecule has 0 amide bonds. The van der Waals surface area contributed by atoms with E-state index in [2.05, 4.69) is 0 Å². The predicted octanol–water partition coefficient (Wildman–Crippen LogP) is 8.79. The predicted molar refractivity (Wildman–Crippen MR) is 173 cm³/mol. The van der Waals surface area contributed by atoms with Gasteiger partial charge in [0.25, 0.3) is 0 Å². The summed E-state index contributed by atoms with van der Waals surface area (Å²) in [6.07, 6.45) is 0. The van der Waals surface area contributed by atoms with Crippen molar-refractivity contribution in [2.24, 2.45) is 0 Å². The highest BCUT2D eigenvalue weighted by atomic mass is 32.3. The van der Waals surface area contributed by atoms with Crippen molar-refractivity contribution >= 4 is 26.1 Å². The molecule has 0 saturated carbocycles. The zero-order valence-electron chi connectivity index (χ0n) is 25.7. The molecule has 4 rings (SSSR count). The van der Waals surface area contributed by atoms with Gasteiger partial charge in [0.05, 0.1) is 25.0 Å². The van der Waals surface area contributed by atoms with Crippen molar-refractivity contribution in [3.05, 3.63) is 103 Å². The number of rotatable bonds is 9. The third-order valence-corrected chi connectivity index (χ3v) is 11.5. The fourth-order valence-corrected chi connectivity index (χ4v) is 9.88. The highest BCUT2D eigenvalue weighted by Gasteiger charge is 2.44. The topological polar surface area (TPSA) is 68.6 Å². The summed E-state index contributed by atoms with van der Waals surface area (Å²) in [7, 11) is -2.88. The molecule has 0 saturated heterocycles. The van der Waals surface area contributed by atoms with Crippen LogP contribution in [0, 0.1) is 0 Å². The van der Waals surface area contributed by atoms with Gasteiger partial charge in [0.2, 0.25) is 0 Å². The molecule has 0 spiro atoms. The van der Waals surface area contributed by atoms with Crippen LogP contribution in [0.4, 0.5) is 5.69 Å². The Morgan fingerprint density at radius 3 is 1.45 bits per heavy atom. The van der Waals surface area contributed by atoms with Crippen LogP contribution in [0.2, 0.25) is 0 Å². The van der Waals surface area contributed by atoms with Crippen molar-refractivity contribution in [3.8, 4) is 11.5 Å². The smallest absolute Gasteiger partial charge is 0.422 e. The summed E-state index contributed by atoms with van der Waals surface area (Å²) in [5.74, 6) is 1.39. The molecule has 0 aliphatic rings. The molecule has 0 radical (unpaired) electrons. The third-order valence-electron chi connectivity index (χ3n) is 6.10. The molecule has 42 heavy (non-hydrogen) atoms. The Morgan fingerprint density at radius 2 is 1.02 bits per heavy atom. The van der Waals surface area contributed by atoms with Crippen LogP contribution in [0.25, 0.3) is 0 Å². The standard InChI is InChI=1S/C34H41NO5S2/c1-33(2,3)38-27-17-21-29(22-18-27)41(32-16-12-13-26(25-32)35(7)8,40-42(36,37)31-14-10-9-11-15-31)30-23-19-28(20-24-30)39-34(4,5)6/h9-25H,1-8H3/p+1. The number of hydrogen-bond acceptors (Lipinski definition) is 5. The highest BCUT2D eigenvalue weighted by molar-refractivity contribution is 8.32. The minimum absolute atomic E-state index is 0.144. The number of benzene rings is 4. The first-order valence-corrected chi connectivity index (χ1v) is 16.9. The van der Waals surface area contributed by atoms with Crippen LogP contribution in [0.15, 0.2) is 123 Å². The molecule has 0 unspecified atom stereocenters. The molecule has 224 valence electrons. The van der Waals surface area contributed by atoms with Gasteiger partial charge < -0.3 is 14.4 Å². The Labute approximate surface area is 252 Å². The van der Waals surface area contributed by atoms with Gasteiger partial charge in [-0.05, 0) is 120 Å². The fourth-order valence-electron chi connectivity index (χ4n) is 4.38. The van der Waals surface area contributed by atoms with Crippen LogP contribution < -0.4 is 14.4 Å². The molecule has 0 aliphatic carbocycles. The second-order valence-electron chi connectivity index (χ2n) is 12.2. The summed E-state index contributed by atoms with van der Waals surface area (Å²) in [5, 5.41) is 0. The van der Waals surface area contributed by atoms with Crippen LogP contribution in [-0.2, 0) is 10.1 Å². The van der Waals surface area contributed by atoms with Gasteiger partial charge in [0, 0.05) is 19.8 Å². The van der Waals surface area contributed by atoms with Gasteiger partial charge in [-0.15, -0.1) is 8.42 Å². The van der Waals surface area contributed by atoms with Crippen LogP contribution in [0.5, 0.6) is 11.5 Å². The molecular weight excluding hydrogens is 567 g/mol. The van der Waals surface area contributed by atoms with Gasteiger partial charge in [-0.3, -0.25) is 3.63 Å². The second-order valence-corrected chi connectivity index (χ2v) is 16.8. The van der Waals surface area contributed by atoms with Crippen molar-refractivity contribution in [3.63, 3.8) is 0 Å². The highest BCUT2D eigenvalue weighted by Crippen LogP contribution is 2.69. The number of anilines is 1. The van der Waals surface area contributed by atoms with Crippen molar-refractivity contribution in [2.75, 3.05) is 19.0 Å². The molecule has 4 aromatic carbocycles. The molecule has 0 bridgehead atoms. The van der Waals surface area contributed by atoms with Gasteiger partial charge in [0.15, 0.2) is 0 Å². The molecule has 4 aromatic rings. The van der Waals surface area contributed by atoms with E-state index in [4.69, 9.17) is 13.1 Å². The van der Waals surface area contributed by atoms with Crippen LogP contribution in [0.3, 0.4) is 0 Å². The fraction of sp³-hybridized carbons (Fsp3) is 0.294. The van der Waals surface area contributed by atoms with E-state index in [1.807, 2.05) is 133 Å². The van der Waals surface area contributed by atoms with Gasteiger partial charge in [-0.2, -0.15) is 0 Å². The molecule has 6 nitrogen and oxygen atoms in total. The lowest BCUT2D eigenvalue weighted by molar-refractivity contribution is 0.130. The summed E-state index contributed by atoms with van der Waals surface area (Å²) in [5.41, 5.74) is 0.183.